The number of urea groups is 1. The van der Waals surface area contributed by atoms with Crippen LogP contribution in [0.5, 0.6) is 5.88 Å². The van der Waals surface area contributed by atoms with Crippen molar-refractivity contribution in [2.24, 2.45) is 0 Å². The first kappa shape index (κ1) is 38.5. The Balaban J connectivity index is 1.28. The highest BCUT2D eigenvalue weighted by atomic mass is 19.4. The highest BCUT2D eigenvalue weighted by Gasteiger charge is 2.50. The maximum absolute atomic E-state index is 14.2. The molecule has 8 nitrogen and oxygen atoms in total. The van der Waals surface area contributed by atoms with Crippen LogP contribution >= 0.6 is 0 Å². The number of pyridine rings is 1. The summed E-state index contributed by atoms with van der Waals surface area (Å²) in [5.74, 6) is -0.421. The summed E-state index contributed by atoms with van der Waals surface area (Å²) < 4.78 is 131. The van der Waals surface area contributed by atoms with Gasteiger partial charge in [0.25, 0.3) is 5.91 Å². The first-order chi connectivity index (χ1) is 26.2. The Hall–Kier alpha value is -5.79. The van der Waals surface area contributed by atoms with Gasteiger partial charge in [0.15, 0.2) is 0 Å². The first-order valence-electron chi connectivity index (χ1n) is 17.2. The van der Waals surface area contributed by atoms with Crippen LogP contribution in [0, 0.1) is 18.3 Å². The fraction of sp³-hybridized carbons (Fsp3) is 0.333. The van der Waals surface area contributed by atoms with E-state index in [0.717, 1.165) is 12.1 Å². The molecule has 4 aromatic rings. The van der Waals surface area contributed by atoms with E-state index >= 15 is 0 Å². The molecular formula is C39H30F9N5O3. The number of nitrogens with zero attached hydrogens (tertiary/aromatic N) is 3. The minimum Gasteiger partial charge on any atom is -0.481 e. The lowest BCUT2D eigenvalue weighted by Gasteiger charge is -2.27. The molecule has 3 aromatic carbocycles. The molecule has 0 bridgehead atoms. The number of amides is 3. The van der Waals surface area contributed by atoms with Crippen LogP contribution in [0.3, 0.4) is 0 Å². The predicted octanol–water partition coefficient (Wildman–Crippen LogP) is 9.54. The van der Waals surface area contributed by atoms with E-state index in [-0.39, 0.29) is 41.5 Å². The number of rotatable bonds is 7. The molecule has 17 heteroatoms. The highest BCUT2D eigenvalue weighted by Crippen LogP contribution is 2.50. The van der Waals surface area contributed by atoms with Crippen molar-refractivity contribution in [1.29, 1.82) is 5.26 Å². The number of nitriles is 1. The number of aromatic nitrogens is 1. The average molecular weight is 788 g/mol. The van der Waals surface area contributed by atoms with Gasteiger partial charge in [-0.05, 0) is 109 Å². The van der Waals surface area contributed by atoms with Crippen molar-refractivity contribution in [3.05, 3.63) is 106 Å². The summed E-state index contributed by atoms with van der Waals surface area (Å²) in [7, 11) is 1.30. The van der Waals surface area contributed by atoms with Crippen LogP contribution in [0.2, 0.25) is 0 Å². The molecule has 3 unspecified atom stereocenters. The van der Waals surface area contributed by atoms with Gasteiger partial charge >= 0.3 is 24.6 Å². The zero-order valence-corrected chi connectivity index (χ0v) is 29.4. The molecule has 1 saturated carbocycles. The lowest BCUT2D eigenvalue weighted by molar-refractivity contribution is -0.143. The van der Waals surface area contributed by atoms with Crippen LogP contribution in [0.4, 0.5) is 44.3 Å². The second kappa shape index (κ2) is 13.5. The molecule has 3 aliphatic rings. The number of fused-ring (bicyclic) bond motifs is 1. The van der Waals surface area contributed by atoms with Crippen molar-refractivity contribution in [2.75, 3.05) is 7.11 Å². The lowest BCUT2D eigenvalue weighted by Crippen LogP contribution is -2.35. The number of aryl methyl sites for hydroxylation is 1. The van der Waals surface area contributed by atoms with E-state index in [0.29, 0.717) is 47.2 Å². The summed E-state index contributed by atoms with van der Waals surface area (Å²) in [5, 5.41) is 14.6. The molecule has 1 aliphatic carbocycles. The minimum absolute atomic E-state index is 0.00522. The van der Waals surface area contributed by atoms with Gasteiger partial charge in [-0.15, -0.1) is 0 Å². The second-order valence-electron chi connectivity index (χ2n) is 14.1. The van der Waals surface area contributed by atoms with Gasteiger partial charge in [0.2, 0.25) is 5.88 Å². The number of halogens is 9. The van der Waals surface area contributed by atoms with Gasteiger partial charge in [-0.1, -0.05) is 12.1 Å². The van der Waals surface area contributed by atoms with E-state index < -0.39 is 76.4 Å². The molecule has 2 saturated heterocycles. The quantitative estimate of drug-likeness (QED) is 0.182. The largest absolute Gasteiger partial charge is 0.481 e. The third-order valence-electron chi connectivity index (χ3n) is 10.5. The van der Waals surface area contributed by atoms with Crippen LogP contribution in [0.25, 0.3) is 22.3 Å². The number of methoxy groups -OCH3 is 1. The van der Waals surface area contributed by atoms with Gasteiger partial charge in [0, 0.05) is 22.9 Å². The number of hydrogen-bond acceptors (Lipinski definition) is 5. The standard InChI is InChI=1S/C39H30F9N5O3/c1-19-11-20(33(54)52-36(18-49)9-10-36)3-5-26(19)22-14-29(34(56-2)50-17-22)27-6-4-23(37(40,41)42)16-28(27)30-7-8-31-32(51-35(55)53(30)31)21-12-24(38(43,44)45)15-25(13-21)39(46,47)48/h3-6,11-17,30-32H,7-10H2,1-2H3,(H,51,55)(H,52,54). The average Bonchev–Trinajstić information content (AvgIpc) is 3.64. The second-order valence-corrected chi connectivity index (χ2v) is 14.1. The summed E-state index contributed by atoms with van der Waals surface area (Å²) in [5.41, 5.74) is -3.08. The third-order valence-corrected chi connectivity index (χ3v) is 10.5. The Bertz CT molecular complexity index is 2260. The number of hydrogen-bond donors (Lipinski definition) is 2. The van der Waals surface area contributed by atoms with Gasteiger partial charge in [0.1, 0.15) is 5.54 Å². The molecule has 7 rings (SSSR count). The highest BCUT2D eigenvalue weighted by molar-refractivity contribution is 5.96. The van der Waals surface area contributed by atoms with E-state index in [9.17, 15) is 54.4 Å². The smallest absolute Gasteiger partial charge is 0.416 e. The van der Waals surface area contributed by atoms with Crippen molar-refractivity contribution in [3.63, 3.8) is 0 Å². The maximum atomic E-state index is 14.2. The Morgan fingerprint density at radius 3 is 2.09 bits per heavy atom. The first-order valence-corrected chi connectivity index (χ1v) is 17.2. The summed E-state index contributed by atoms with van der Waals surface area (Å²) in [6.45, 7) is 1.74. The van der Waals surface area contributed by atoms with E-state index in [1.54, 1.807) is 31.2 Å². The van der Waals surface area contributed by atoms with Gasteiger partial charge in [0.05, 0.1) is 48.0 Å². The topological polar surface area (TPSA) is 107 Å². The van der Waals surface area contributed by atoms with Crippen LogP contribution in [-0.4, -0.2) is 40.5 Å². The minimum atomic E-state index is -5.14. The molecule has 56 heavy (non-hydrogen) atoms. The zero-order chi connectivity index (χ0) is 40.5. The molecule has 3 heterocycles. The number of benzene rings is 3. The third kappa shape index (κ3) is 7.08. The van der Waals surface area contributed by atoms with Crippen LogP contribution in [0.15, 0.2) is 66.9 Å². The molecule has 0 spiro atoms. The summed E-state index contributed by atoms with van der Waals surface area (Å²) in [6, 6.07) is 8.20. The van der Waals surface area contributed by atoms with Crippen LogP contribution in [0.1, 0.15) is 81.5 Å². The summed E-state index contributed by atoms with van der Waals surface area (Å²) >= 11 is 0. The van der Waals surface area contributed by atoms with E-state index in [1.165, 1.54) is 24.3 Å². The monoisotopic (exact) mass is 787 g/mol. The fourth-order valence-electron chi connectivity index (χ4n) is 7.55. The van der Waals surface area contributed by atoms with Crippen molar-refractivity contribution in [2.45, 2.75) is 74.8 Å². The normalized spacial score (nSPS) is 20.3. The van der Waals surface area contributed by atoms with E-state index in [2.05, 4.69) is 21.7 Å². The molecular weight excluding hydrogens is 757 g/mol. The Morgan fingerprint density at radius 1 is 0.875 bits per heavy atom. The van der Waals surface area contributed by atoms with Crippen molar-refractivity contribution in [1.82, 2.24) is 20.5 Å². The molecule has 3 atom stereocenters. The molecule has 1 aromatic heterocycles. The van der Waals surface area contributed by atoms with Crippen molar-refractivity contribution >= 4 is 11.9 Å². The van der Waals surface area contributed by atoms with Crippen molar-refractivity contribution in [3.8, 4) is 34.2 Å². The van der Waals surface area contributed by atoms with Crippen LogP contribution < -0.4 is 15.4 Å². The van der Waals surface area contributed by atoms with Gasteiger partial charge < -0.3 is 20.3 Å². The lowest BCUT2D eigenvalue weighted by atomic mass is 9.90. The number of carbonyl (C=O) groups excluding carboxylic acids is 2. The van der Waals surface area contributed by atoms with Gasteiger partial charge in [-0.3, -0.25) is 4.79 Å². The van der Waals surface area contributed by atoms with Gasteiger partial charge in [-0.25, -0.2) is 9.78 Å². The fourth-order valence-corrected chi connectivity index (χ4v) is 7.55. The van der Waals surface area contributed by atoms with Crippen LogP contribution in [-0.2, 0) is 18.5 Å². The van der Waals surface area contributed by atoms with E-state index in [4.69, 9.17) is 4.74 Å². The molecule has 0 radical (unpaired) electrons. The summed E-state index contributed by atoms with van der Waals surface area (Å²) in [4.78, 5) is 32.0. The molecule has 2 N–H and O–H groups in total. The number of nitrogens with one attached hydrogen (secondary N) is 2. The Labute approximate surface area is 313 Å². The Morgan fingerprint density at radius 2 is 1.52 bits per heavy atom. The zero-order valence-electron chi connectivity index (χ0n) is 29.4. The summed E-state index contributed by atoms with van der Waals surface area (Å²) in [6.07, 6.45) is -12.5. The molecule has 3 amide bonds. The van der Waals surface area contributed by atoms with E-state index in [1.807, 2.05) is 0 Å². The number of alkyl halides is 9. The molecule has 3 fully saturated rings. The Kier molecular flexibility index (Phi) is 9.24. The number of carbonyl (C=O) groups is 2. The molecule has 2 aliphatic heterocycles. The SMILES string of the molecule is COc1ncc(-c2ccc(C(=O)NC3(C#N)CC3)cc2C)cc1-c1ccc(C(F)(F)F)cc1C1CCC2C(c3cc(C(F)(F)F)cc(C(F)(F)F)c3)NC(=O)N12. The predicted molar refractivity (Wildman–Crippen MR) is 182 cm³/mol. The maximum Gasteiger partial charge on any atom is 0.416 e. The molecule has 292 valence electrons. The van der Waals surface area contributed by atoms with Crippen molar-refractivity contribution < 1.29 is 53.8 Å². The number of ether oxygens (including phenoxy) is 1. The van der Waals surface area contributed by atoms with Gasteiger partial charge in [-0.2, -0.15) is 44.8 Å².